The summed E-state index contributed by atoms with van der Waals surface area (Å²) in [7, 11) is 0. The third kappa shape index (κ3) is 4.43. The molecule has 0 saturated heterocycles. The zero-order chi connectivity index (χ0) is 24.6. The molecule has 3 N–H and O–H groups in total. The minimum Gasteiger partial charge on any atom is -0.399 e. The molecule has 0 aliphatic carbocycles. The van der Waals surface area contributed by atoms with E-state index in [1.807, 2.05) is 24.3 Å². The summed E-state index contributed by atoms with van der Waals surface area (Å²) in [6, 6.07) is 20.5. The van der Waals surface area contributed by atoms with Crippen molar-refractivity contribution in [3.8, 4) is 22.4 Å². The van der Waals surface area contributed by atoms with Crippen LogP contribution in [0.3, 0.4) is 0 Å². The molecule has 3 aromatic carbocycles. The van der Waals surface area contributed by atoms with Crippen LogP contribution in [-0.2, 0) is 6.18 Å². The molecular formula is C26H18F3N5O. The molecule has 1 amide bonds. The lowest BCUT2D eigenvalue weighted by Gasteiger charge is -2.11. The van der Waals surface area contributed by atoms with Gasteiger partial charge in [-0.25, -0.2) is 9.50 Å². The van der Waals surface area contributed by atoms with Crippen molar-refractivity contribution in [2.45, 2.75) is 6.18 Å². The molecule has 2 aromatic heterocycles. The minimum atomic E-state index is -4.53. The fourth-order valence-corrected chi connectivity index (χ4v) is 3.82. The van der Waals surface area contributed by atoms with Gasteiger partial charge in [0, 0.05) is 34.3 Å². The summed E-state index contributed by atoms with van der Waals surface area (Å²) in [4.78, 5) is 17.1. The van der Waals surface area contributed by atoms with Crippen LogP contribution >= 0.6 is 0 Å². The van der Waals surface area contributed by atoms with Crippen LogP contribution in [0, 0.1) is 0 Å². The zero-order valence-electron chi connectivity index (χ0n) is 18.1. The molecule has 0 saturated carbocycles. The molecule has 2 heterocycles. The SMILES string of the molecule is Nc1cccc(-c2cnn3c(-c4cccc(NC(=O)c5cccc(C(F)(F)F)c5)c4)ccnc23)c1. The second-order valence-corrected chi connectivity index (χ2v) is 7.86. The molecule has 0 fully saturated rings. The summed E-state index contributed by atoms with van der Waals surface area (Å²) in [5.41, 5.74) is 9.79. The number of aromatic nitrogens is 3. The third-order valence-corrected chi connectivity index (χ3v) is 5.47. The van der Waals surface area contributed by atoms with Gasteiger partial charge in [0.15, 0.2) is 5.65 Å². The highest BCUT2D eigenvalue weighted by Crippen LogP contribution is 2.31. The summed E-state index contributed by atoms with van der Waals surface area (Å²) in [5, 5.41) is 7.16. The van der Waals surface area contributed by atoms with Gasteiger partial charge >= 0.3 is 6.18 Å². The van der Waals surface area contributed by atoms with Crippen molar-refractivity contribution < 1.29 is 18.0 Å². The van der Waals surface area contributed by atoms with Crippen LogP contribution in [0.2, 0.25) is 0 Å². The van der Waals surface area contributed by atoms with Crippen molar-refractivity contribution >= 4 is 22.9 Å². The first-order chi connectivity index (χ1) is 16.8. The van der Waals surface area contributed by atoms with E-state index in [2.05, 4.69) is 15.4 Å². The highest BCUT2D eigenvalue weighted by molar-refractivity contribution is 6.04. The monoisotopic (exact) mass is 473 g/mol. The normalized spacial score (nSPS) is 11.5. The molecule has 0 aliphatic heterocycles. The molecule has 0 spiro atoms. The predicted molar refractivity (Wildman–Crippen MR) is 128 cm³/mol. The summed E-state index contributed by atoms with van der Waals surface area (Å²) >= 11 is 0. The number of nitrogens with zero attached hydrogens (tertiary/aromatic N) is 3. The maximum atomic E-state index is 13.0. The maximum absolute atomic E-state index is 13.0. The summed E-state index contributed by atoms with van der Waals surface area (Å²) in [6.45, 7) is 0. The van der Waals surface area contributed by atoms with Gasteiger partial charge in [-0.3, -0.25) is 4.79 Å². The first kappa shape index (κ1) is 22.1. The van der Waals surface area contributed by atoms with E-state index in [9.17, 15) is 18.0 Å². The average molecular weight is 473 g/mol. The van der Waals surface area contributed by atoms with Crippen LogP contribution in [0.5, 0.6) is 0 Å². The molecule has 0 aliphatic rings. The standard InChI is InChI=1S/C26H18F3N5O/c27-26(28,29)19-7-1-6-18(12-19)25(35)33-21-9-3-5-17(14-21)23-10-11-31-24-22(15-32-34(23)24)16-4-2-8-20(30)13-16/h1-15H,30H2,(H,33,35). The van der Waals surface area contributed by atoms with E-state index in [1.165, 1.54) is 12.1 Å². The minimum absolute atomic E-state index is 0.0876. The van der Waals surface area contributed by atoms with Crippen LogP contribution in [0.1, 0.15) is 15.9 Å². The van der Waals surface area contributed by atoms with Gasteiger partial charge in [-0.1, -0.05) is 30.3 Å². The first-order valence-electron chi connectivity index (χ1n) is 10.6. The number of fused-ring (bicyclic) bond motifs is 1. The predicted octanol–water partition coefficient (Wildman–Crippen LogP) is 5.92. The number of carbonyl (C=O) groups is 1. The molecule has 35 heavy (non-hydrogen) atoms. The van der Waals surface area contributed by atoms with Crippen molar-refractivity contribution in [1.29, 1.82) is 0 Å². The fourth-order valence-electron chi connectivity index (χ4n) is 3.82. The number of rotatable bonds is 4. The van der Waals surface area contributed by atoms with Gasteiger partial charge in [0.05, 0.1) is 17.5 Å². The number of carbonyl (C=O) groups excluding carboxylic acids is 1. The van der Waals surface area contributed by atoms with E-state index >= 15 is 0 Å². The number of hydrogen-bond donors (Lipinski definition) is 2. The van der Waals surface area contributed by atoms with Crippen molar-refractivity contribution in [2.75, 3.05) is 11.1 Å². The summed E-state index contributed by atoms with van der Waals surface area (Å²) in [6.07, 6.45) is -1.16. The van der Waals surface area contributed by atoms with Gasteiger partial charge in [0.2, 0.25) is 0 Å². The van der Waals surface area contributed by atoms with Crippen LogP contribution in [0.25, 0.3) is 28.0 Å². The number of nitrogens with two attached hydrogens (primary N) is 1. The molecule has 5 rings (SSSR count). The average Bonchev–Trinajstić information content (AvgIpc) is 3.28. The topological polar surface area (TPSA) is 85.3 Å². The van der Waals surface area contributed by atoms with Crippen molar-refractivity contribution in [1.82, 2.24) is 14.6 Å². The Hall–Kier alpha value is -4.66. The lowest BCUT2D eigenvalue weighted by atomic mass is 10.1. The second-order valence-electron chi connectivity index (χ2n) is 7.86. The molecule has 6 nitrogen and oxygen atoms in total. The van der Waals surface area contributed by atoms with Crippen molar-refractivity contribution in [2.24, 2.45) is 0 Å². The summed E-state index contributed by atoms with van der Waals surface area (Å²) < 4.78 is 40.7. The number of alkyl halides is 3. The fraction of sp³-hybridized carbons (Fsp3) is 0.0385. The number of nitrogens with one attached hydrogen (secondary N) is 1. The molecule has 9 heteroatoms. The largest absolute Gasteiger partial charge is 0.416 e. The maximum Gasteiger partial charge on any atom is 0.416 e. The Morgan fingerprint density at radius 3 is 2.49 bits per heavy atom. The van der Waals surface area contributed by atoms with Gasteiger partial charge in [-0.05, 0) is 54.1 Å². The number of nitrogen functional groups attached to an aromatic ring is 1. The van der Waals surface area contributed by atoms with Crippen LogP contribution < -0.4 is 11.1 Å². The lowest BCUT2D eigenvalue weighted by molar-refractivity contribution is -0.137. The Balaban J connectivity index is 1.47. The van der Waals surface area contributed by atoms with Gasteiger partial charge in [0.1, 0.15) is 0 Å². The Kier molecular flexibility index (Phi) is 5.44. The molecule has 0 radical (unpaired) electrons. The molecule has 5 aromatic rings. The Labute approximate surface area is 197 Å². The second kappa shape index (κ2) is 8.60. The number of benzene rings is 3. The van der Waals surface area contributed by atoms with Crippen LogP contribution in [-0.4, -0.2) is 20.5 Å². The highest BCUT2D eigenvalue weighted by atomic mass is 19.4. The van der Waals surface area contributed by atoms with E-state index in [1.54, 1.807) is 47.2 Å². The van der Waals surface area contributed by atoms with Gasteiger partial charge < -0.3 is 11.1 Å². The van der Waals surface area contributed by atoms with E-state index in [0.717, 1.165) is 34.5 Å². The Morgan fingerprint density at radius 2 is 1.69 bits per heavy atom. The van der Waals surface area contributed by atoms with Gasteiger partial charge in [0.25, 0.3) is 5.91 Å². The van der Waals surface area contributed by atoms with Gasteiger partial charge in [-0.2, -0.15) is 18.3 Å². The molecule has 0 unspecified atom stereocenters. The zero-order valence-corrected chi connectivity index (χ0v) is 18.1. The molecule has 0 atom stereocenters. The molecule has 0 bridgehead atoms. The number of hydrogen-bond acceptors (Lipinski definition) is 4. The lowest BCUT2D eigenvalue weighted by Crippen LogP contribution is -2.14. The molecule has 174 valence electrons. The van der Waals surface area contributed by atoms with E-state index in [0.29, 0.717) is 17.0 Å². The first-order valence-corrected chi connectivity index (χ1v) is 10.6. The van der Waals surface area contributed by atoms with Gasteiger partial charge in [-0.15, -0.1) is 0 Å². The number of halogens is 3. The highest BCUT2D eigenvalue weighted by Gasteiger charge is 2.30. The number of anilines is 2. The third-order valence-electron chi connectivity index (χ3n) is 5.47. The van der Waals surface area contributed by atoms with Crippen molar-refractivity contribution in [3.63, 3.8) is 0 Å². The van der Waals surface area contributed by atoms with E-state index in [-0.39, 0.29) is 5.56 Å². The Bertz CT molecular complexity index is 1560. The summed E-state index contributed by atoms with van der Waals surface area (Å²) in [5.74, 6) is -0.642. The van der Waals surface area contributed by atoms with Crippen molar-refractivity contribution in [3.05, 3.63) is 102 Å². The van der Waals surface area contributed by atoms with Crippen LogP contribution in [0.4, 0.5) is 24.5 Å². The molecular weight excluding hydrogens is 455 g/mol. The van der Waals surface area contributed by atoms with Crippen LogP contribution in [0.15, 0.2) is 91.3 Å². The Morgan fingerprint density at radius 1 is 0.914 bits per heavy atom. The van der Waals surface area contributed by atoms with E-state index in [4.69, 9.17) is 5.73 Å². The van der Waals surface area contributed by atoms with E-state index < -0.39 is 17.6 Å². The number of amides is 1. The quantitative estimate of drug-likeness (QED) is 0.318. The smallest absolute Gasteiger partial charge is 0.399 e.